The van der Waals surface area contributed by atoms with Gasteiger partial charge in [-0.05, 0) is 78.2 Å². The number of carbonyl (C=O) groups excluding carboxylic acids is 3. The minimum atomic E-state index is -0.920. The lowest BCUT2D eigenvalue weighted by Crippen LogP contribution is -2.40. The molecular formula is C32H33BrN2O11S. The highest BCUT2D eigenvalue weighted by molar-refractivity contribution is 9.10. The van der Waals surface area contributed by atoms with E-state index in [0.29, 0.717) is 42.1 Å². The average Bonchev–Trinajstić information content (AvgIpc) is 3.35. The standard InChI is InChI=1S/C32H33BrN2O11S/c1-7-43-22-14-19(9-10-21(22)45-15-25(36)41-5)28-27(31(39)44-8-2)17(3)34-32-35(28)30(38)24(47-32)13-18-11-20(33)29(23(12-18)40-4)46-16-26(37)42-6/h9-14,28H,7-8,15-16H2,1-6H3/b24-13-/t28-/m0/s1. The maximum Gasteiger partial charge on any atom is 0.343 e. The Morgan fingerprint density at radius 1 is 0.936 bits per heavy atom. The summed E-state index contributed by atoms with van der Waals surface area (Å²) in [5, 5.41) is 0. The molecule has 1 aromatic heterocycles. The Hall–Kier alpha value is -4.63. The van der Waals surface area contributed by atoms with E-state index in [1.807, 2.05) is 0 Å². The van der Waals surface area contributed by atoms with Crippen LogP contribution in [0.3, 0.4) is 0 Å². The van der Waals surface area contributed by atoms with E-state index in [0.717, 1.165) is 11.3 Å². The van der Waals surface area contributed by atoms with Crippen LogP contribution >= 0.6 is 27.3 Å². The van der Waals surface area contributed by atoms with Crippen LogP contribution in [0.25, 0.3) is 6.08 Å². The molecular weight excluding hydrogens is 700 g/mol. The zero-order chi connectivity index (χ0) is 34.2. The highest BCUT2D eigenvalue weighted by Crippen LogP contribution is 2.38. The van der Waals surface area contributed by atoms with Crippen LogP contribution in [0.2, 0.25) is 0 Å². The van der Waals surface area contributed by atoms with Gasteiger partial charge in [0, 0.05) is 0 Å². The van der Waals surface area contributed by atoms with Crippen LogP contribution in [0.4, 0.5) is 0 Å². The smallest absolute Gasteiger partial charge is 0.343 e. The number of benzene rings is 2. The highest BCUT2D eigenvalue weighted by atomic mass is 79.9. The molecule has 13 nitrogen and oxygen atoms in total. The van der Waals surface area contributed by atoms with Gasteiger partial charge in [0.05, 0.1) is 60.9 Å². The minimum Gasteiger partial charge on any atom is -0.493 e. The van der Waals surface area contributed by atoms with E-state index in [1.54, 1.807) is 57.2 Å². The van der Waals surface area contributed by atoms with Crippen molar-refractivity contribution in [3.8, 4) is 23.0 Å². The normalized spacial score (nSPS) is 14.1. The van der Waals surface area contributed by atoms with Crippen molar-refractivity contribution in [2.24, 2.45) is 4.99 Å². The maximum atomic E-state index is 14.1. The lowest BCUT2D eigenvalue weighted by molar-refractivity contribution is -0.143. The quantitative estimate of drug-likeness (QED) is 0.189. The number of allylic oxidation sites excluding steroid dienone is 1. The van der Waals surface area contributed by atoms with Crippen LogP contribution in [-0.4, -0.2) is 70.2 Å². The van der Waals surface area contributed by atoms with E-state index in [-0.39, 0.29) is 43.5 Å². The number of esters is 3. The fourth-order valence-electron chi connectivity index (χ4n) is 4.69. The van der Waals surface area contributed by atoms with Gasteiger partial charge < -0.3 is 33.2 Å². The third kappa shape index (κ3) is 7.85. The number of aromatic nitrogens is 1. The van der Waals surface area contributed by atoms with Gasteiger partial charge in [-0.25, -0.2) is 19.4 Å². The second kappa shape index (κ2) is 15.8. The molecule has 0 saturated heterocycles. The van der Waals surface area contributed by atoms with Crippen LogP contribution < -0.4 is 33.8 Å². The topological polar surface area (TPSA) is 150 Å². The number of hydrogen-bond donors (Lipinski definition) is 0. The van der Waals surface area contributed by atoms with E-state index in [1.165, 1.54) is 25.9 Å². The zero-order valence-electron chi connectivity index (χ0n) is 26.5. The summed E-state index contributed by atoms with van der Waals surface area (Å²) in [7, 11) is 3.96. The zero-order valence-corrected chi connectivity index (χ0v) is 28.9. The van der Waals surface area contributed by atoms with E-state index in [2.05, 4.69) is 30.4 Å². The van der Waals surface area contributed by atoms with Crippen molar-refractivity contribution >= 4 is 51.3 Å². The lowest BCUT2D eigenvalue weighted by atomic mass is 9.95. The molecule has 47 heavy (non-hydrogen) atoms. The first kappa shape index (κ1) is 35.2. The number of nitrogens with zero attached hydrogens (tertiary/aromatic N) is 2. The fourth-order valence-corrected chi connectivity index (χ4v) is 6.31. The Morgan fingerprint density at radius 2 is 1.64 bits per heavy atom. The van der Waals surface area contributed by atoms with Gasteiger partial charge in [-0.2, -0.15) is 0 Å². The summed E-state index contributed by atoms with van der Waals surface area (Å²) in [4.78, 5) is 55.7. The summed E-state index contributed by atoms with van der Waals surface area (Å²) in [6, 6.07) is 7.39. The first-order valence-electron chi connectivity index (χ1n) is 14.3. The number of ether oxygens (including phenoxy) is 7. The van der Waals surface area contributed by atoms with Crippen LogP contribution in [0.15, 0.2) is 55.9 Å². The van der Waals surface area contributed by atoms with Crippen molar-refractivity contribution in [3.05, 3.63) is 76.9 Å². The Kier molecular flexibility index (Phi) is 11.8. The number of hydrogen-bond acceptors (Lipinski definition) is 13. The monoisotopic (exact) mass is 732 g/mol. The molecule has 250 valence electrons. The molecule has 2 aromatic carbocycles. The Balaban J connectivity index is 1.86. The number of rotatable bonds is 13. The summed E-state index contributed by atoms with van der Waals surface area (Å²) in [5.74, 6) is -0.555. The number of thiazole rings is 1. The SMILES string of the molecule is CCOC(=O)C1=C(C)N=c2s/c(=C\c3cc(Br)c(OCC(=O)OC)c(OC)c3)c(=O)n2[C@H]1c1ccc(OCC(=O)OC)c(OCC)c1. The Bertz CT molecular complexity index is 1900. The third-order valence-corrected chi connectivity index (χ3v) is 8.36. The molecule has 0 spiro atoms. The second-order valence-corrected chi connectivity index (χ2v) is 11.6. The molecule has 1 aliphatic heterocycles. The molecule has 4 rings (SSSR count). The van der Waals surface area contributed by atoms with Crippen LogP contribution in [-0.2, 0) is 28.6 Å². The summed E-state index contributed by atoms with van der Waals surface area (Å²) in [6.07, 6.45) is 1.66. The number of methoxy groups -OCH3 is 3. The van der Waals surface area contributed by atoms with Gasteiger partial charge in [-0.3, -0.25) is 9.36 Å². The van der Waals surface area contributed by atoms with E-state index < -0.39 is 29.5 Å². The van der Waals surface area contributed by atoms with Crippen molar-refractivity contribution in [1.29, 1.82) is 0 Å². The van der Waals surface area contributed by atoms with Crippen molar-refractivity contribution in [2.45, 2.75) is 26.8 Å². The largest absolute Gasteiger partial charge is 0.493 e. The highest BCUT2D eigenvalue weighted by Gasteiger charge is 2.34. The van der Waals surface area contributed by atoms with Gasteiger partial charge in [0.15, 0.2) is 41.0 Å². The summed E-state index contributed by atoms with van der Waals surface area (Å²) >= 11 is 4.60. The van der Waals surface area contributed by atoms with Crippen LogP contribution in [0.1, 0.15) is 37.9 Å². The summed E-state index contributed by atoms with van der Waals surface area (Å²) in [6.45, 7) is 4.91. The summed E-state index contributed by atoms with van der Waals surface area (Å²) < 4.78 is 39.4. The molecule has 15 heteroatoms. The minimum absolute atomic E-state index is 0.118. The van der Waals surface area contributed by atoms with Crippen molar-refractivity contribution in [3.63, 3.8) is 0 Å². The summed E-state index contributed by atoms with van der Waals surface area (Å²) in [5.41, 5.74) is 1.29. The van der Waals surface area contributed by atoms with Gasteiger partial charge in [0.2, 0.25) is 0 Å². The van der Waals surface area contributed by atoms with E-state index in [9.17, 15) is 19.2 Å². The molecule has 0 radical (unpaired) electrons. The molecule has 1 atom stereocenters. The predicted octanol–water partition coefficient (Wildman–Crippen LogP) is 3.07. The van der Waals surface area contributed by atoms with Crippen molar-refractivity contribution in [2.75, 3.05) is 47.8 Å². The Morgan fingerprint density at radius 3 is 2.28 bits per heavy atom. The Labute approximate surface area is 282 Å². The van der Waals surface area contributed by atoms with E-state index >= 15 is 0 Å². The average molecular weight is 734 g/mol. The fraction of sp³-hybridized carbons (Fsp3) is 0.344. The third-order valence-electron chi connectivity index (χ3n) is 6.79. The lowest BCUT2D eigenvalue weighted by Gasteiger charge is -2.25. The molecule has 3 aromatic rings. The van der Waals surface area contributed by atoms with Crippen LogP contribution in [0.5, 0.6) is 23.0 Å². The molecule has 0 unspecified atom stereocenters. The van der Waals surface area contributed by atoms with Gasteiger partial charge in [0.25, 0.3) is 5.56 Å². The molecule has 0 saturated carbocycles. The molecule has 0 N–H and O–H groups in total. The van der Waals surface area contributed by atoms with Gasteiger partial charge in [-0.1, -0.05) is 17.4 Å². The first-order chi connectivity index (χ1) is 22.6. The maximum absolute atomic E-state index is 14.1. The number of fused-ring (bicyclic) bond motifs is 1. The second-order valence-electron chi connectivity index (χ2n) is 9.71. The molecule has 0 aliphatic carbocycles. The van der Waals surface area contributed by atoms with Crippen LogP contribution in [0, 0.1) is 0 Å². The van der Waals surface area contributed by atoms with Gasteiger partial charge in [0.1, 0.15) is 0 Å². The molecule has 0 fully saturated rings. The number of carbonyl (C=O) groups is 3. The van der Waals surface area contributed by atoms with Gasteiger partial charge in [-0.15, -0.1) is 0 Å². The predicted molar refractivity (Wildman–Crippen MR) is 174 cm³/mol. The van der Waals surface area contributed by atoms with Crippen molar-refractivity contribution < 1.29 is 47.5 Å². The molecule has 0 bridgehead atoms. The number of halogens is 1. The molecule has 0 amide bonds. The molecule has 1 aliphatic rings. The molecule has 2 heterocycles. The first-order valence-corrected chi connectivity index (χ1v) is 15.9. The van der Waals surface area contributed by atoms with Crippen molar-refractivity contribution in [1.82, 2.24) is 4.57 Å². The van der Waals surface area contributed by atoms with E-state index in [4.69, 9.17) is 23.7 Å². The van der Waals surface area contributed by atoms with Gasteiger partial charge >= 0.3 is 17.9 Å².